The minimum Gasteiger partial charge on any atom is -0.393 e. The number of carbonyl (C=O) groups excluding carboxylic acids is 2. The van der Waals surface area contributed by atoms with Crippen molar-refractivity contribution in [2.45, 2.75) is 135 Å². The number of amides is 2. The largest absolute Gasteiger partial charge is 0.416 e. The summed E-state index contributed by atoms with van der Waals surface area (Å²) in [6.07, 6.45) is 13.3. The maximum atomic E-state index is 14.9. The SMILES string of the molecule is CC(C)NC(=O)N(CC12CC3CC(CC(C3)C1)C2)C[C@]1(O)CC[C@H]2[C@]34C=C[C@@]5(C=C3C(=O)c3cccc(C(F)(F)F)c3)CC(O)CC[C@]5(C)[C@H]4CC[C@@]21C. The number of allylic oxidation sites excluding steroid dienone is 4. The molecule has 9 heteroatoms. The lowest BCUT2D eigenvalue weighted by Crippen LogP contribution is -2.68. The van der Waals surface area contributed by atoms with E-state index in [1.807, 2.05) is 24.8 Å². The number of urea groups is 1. The highest BCUT2D eigenvalue weighted by molar-refractivity contribution is 6.10. The Kier molecular flexibility index (Phi) is 8.17. The molecule has 54 heavy (non-hydrogen) atoms. The second-order valence-electron chi connectivity index (χ2n) is 20.6. The number of nitrogens with one attached hydrogen (secondary N) is 1. The number of hydrogen-bond donors (Lipinski definition) is 3. The highest BCUT2D eigenvalue weighted by Crippen LogP contribution is 2.78. The molecular weight excluding hydrogens is 689 g/mol. The van der Waals surface area contributed by atoms with Gasteiger partial charge in [-0.15, -0.1) is 0 Å². The predicted molar refractivity (Wildman–Crippen MR) is 200 cm³/mol. The molecule has 2 spiro atoms. The topological polar surface area (TPSA) is 89.9 Å². The molecule has 10 aliphatic rings. The molecule has 1 aromatic carbocycles. The number of rotatable bonds is 7. The Hall–Kier alpha value is -2.65. The van der Waals surface area contributed by atoms with Gasteiger partial charge in [-0.1, -0.05) is 44.2 Å². The van der Waals surface area contributed by atoms with Crippen LogP contribution in [0.15, 0.2) is 48.1 Å². The van der Waals surface area contributed by atoms with E-state index in [9.17, 15) is 33.0 Å². The third-order valence-electron chi connectivity index (χ3n) is 17.3. The van der Waals surface area contributed by atoms with Gasteiger partial charge in [0.05, 0.1) is 23.8 Å². The molecule has 10 aliphatic carbocycles. The van der Waals surface area contributed by atoms with Gasteiger partial charge in [-0.05, 0) is 150 Å². The average molecular weight is 749 g/mol. The Bertz CT molecular complexity index is 1770. The Morgan fingerprint density at radius 1 is 0.889 bits per heavy atom. The van der Waals surface area contributed by atoms with Crippen LogP contribution in [0.5, 0.6) is 0 Å². The van der Waals surface area contributed by atoms with Crippen molar-refractivity contribution in [2.75, 3.05) is 13.1 Å². The van der Waals surface area contributed by atoms with Crippen molar-refractivity contribution in [3.05, 3.63) is 59.2 Å². The first-order valence-corrected chi connectivity index (χ1v) is 21.0. The molecule has 0 aliphatic heterocycles. The van der Waals surface area contributed by atoms with Crippen molar-refractivity contribution in [3.8, 4) is 0 Å². The standard InChI is InChI=1S/C45H59F3N2O4/c1-27(2)49-38(53)50(25-41-20-28-16-29(21-41)18-30(17-28)22-41)26-43(54)13-10-36-40(43,4)12-9-35-39(3)11-8-33(51)23-42(39)14-15-44(35,36)34(24-42)37(52)31-6-5-7-32(19-31)45(46,47)48/h5-7,14-15,19,24,27-30,33,35-36,51,54H,8-13,16-18,20-23,25-26H2,1-4H3,(H,49,53)/t28?,29?,30?,33?,35-,36-,39-,40+,41?,42+,43-,44-/m1/s1. The normalized spacial score (nSPS) is 45.5. The minimum atomic E-state index is -4.59. The van der Waals surface area contributed by atoms with Crippen molar-refractivity contribution < 1.29 is 33.0 Å². The molecule has 0 radical (unpaired) electrons. The summed E-state index contributed by atoms with van der Waals surface area (Å²) in [6, 6.07) is 4.62. The Morgan fingerprint density at radius 3 is 2.17 bits per heavy atom. The van der Waals surface area contributed by atoms with Crippen LogP contribution in [-0.4, -0.2) is 57.8 Å². The van der Waals surface area contributed by atoms with Gasteiger partial charge in [0, 0.05) is 40.0 Å². The van der Waals surface area contributed by atoms with Gasteiger partial charge < -0.3 is 20.4 Å². The van der Waals surface area contributed by atoms with Crippen molar-refractivity contribution in [1.82, 2.24) is 10.2 Å². The average Bonchev–Trinajstić information content (AvgIpc) is 3.36. The Balaban J connectivity index is 1.11. The number of nitrogens with zero attached hydrogens (tertiary/aromatic N) is 1. The van der Waals surface area contributed by atoms with Crippen molar-refractivity contribution >= 4 is 11.8 Å². The van der Waals surface area contributed by atoms with Gasteiger partial charge in [0.2, 0.25) is 0 Å². The number of alkyl halides is 3. The van der Waals surface area contributed by atoms with E-state index in [4.69, 9.17) is 0 Å². The highest BCUT2D eigenvalue weighted by Gasteiger charge is 2.74. The first-order valence-electron chi connectivity index (χ1n) is 21.0. The Morgan fingerprint density at radius 2 is 1.52 bits per heavy atom. The van der Waals surface area contributed by atoms with Gasteiger partial charge in [0.1, 0.15) is 0 Å². The second kappa shape index (κ2) is 11.9. The zero-order valence-corrected chi connectivity index (χ0v) is 32.5. The van der Waals surface area contributed by atoms with Crippen LogP contribution in [-0.2, 0) is 6.18 Å². The van der Waals surface area contributed by atoms with Gasteiger partial charge in [0.15, 0.2) is 5.78 Å². The summed E-state index contributed by atoms with van der Waals surface area (Å²) in [5.74, 6) is 1.66. The van der Waals surface area contributed by atoms with Crippen LogP contribution in [0.3, 0.4) is 0 Å². The zero-order valence-electron chi connectivity index (χ0n) is 32.5. The lowest BCUT2D eigenvalue weighted by molar-refractivity contribution is -0.176. The highest BCUT2D eigenvalue weighted by atomic mass is 19.4. The monoisotopic (exact) mass is 748 g/mol. The fourth-order valence-corrected chi connectivity index (χ4v) is 15.3. The molecule has 7 fully saturated rings. The number of Topliss-reactive ketones (excluding diaryl/α,β-unsaturated/α-hetero) is 1. The summed E-state index contributed by atoms with van der Waals surface area (Å²) < 4.78 is 41.9. The number of halogens is 3. The summed E-state index contributed by atoms with van der Waals surface area (Å²) in [4.78, 5) is 31.0. The fraction of sp³-hybridized carbons (Fsp3) is 0.733. The number of fused-ring (bicyclic) bond motifs is 1. The minimum absolute atomic E-state index is 0.0186. The van der Waals surface area contributed by atoms with E-state index in [0.717, 1.165) is 68.4 Å². The zero-order chi connectivity index (χ0) is 38.3. The molecule has 3 N–H and O–H groups in total. The molecule has 7 saturated carbocycles. The van der Waals surface area contributed by atoms with E-state index < -0.39 is 45.5 Å². The van der Waals surface area contributed by atoms with E-state index in [2.05, 4.69) is 31.3 Å². The molecule has 0 aromatic heterocycles. The number of hydrogen-bond acceptors (Lipinski definition) is 4. The van der Waals surface area contributed by atoms with Crippen LogP contribution >= 0.6 is 0 Å². The van der Waals surface area contributed by atoms with Crippen LogP contribution in [0.2, 0.25) is 0 Å². The van der Waals surface area contributed by atoms with E-state index in [0.29, 0.717) is 37.8 Å². The molecule has 2 amide bonds. The maximum absolute atomic E-state index is 14.9. The third-order valence-corrected chi connectivity index (χ3v) is 17.3. The molecule has 8 atom stereocenters. The molecule has 0 heterocycles. The van der Waals surface area contributed by atoms with E-state index >= 15 is 0 Å². The van der Waals surface area contributed by atoms with E-state index in [-0.39, 0.29) is 46.8 Å². The lowest BCUT2D eigenvalue weighted by Gasteiger charge is -2.71. The van der Waals surface area contributed by atoms with Crippen molar-refractivity contribution in [3.63, 3.8) is 0 Å². The molecule has 294 valence electrons. The van der Waals surface area contributed by atoms with Gasteiger partial charge in [-0.3, -0.25) is 4.79 Å². The van der Waals surface area contributed by atoms with Gasteiger partial charge >= 0.3 is 12.2 Å². The van der Waals surface area contributed by atoms with E-state index in [1.54, 1.807) is 0 Å². The first kappa shape index (κ1) is 37.0. The van der Waals surface area contributed by atoms with Crippen molar-refractivity contribution in [2.24, 2.45) is 56.7 Å². The number of carbonyl (C=O) groups is 2. The van der Waals surface area contributed by atoms with Crippen LogP contribution < -0.4 is 5.32 Å². The van der Waals surface area contributed by atoms with Gasteiger partial charge in [0.25, 0.3) is 0 Å². The van der Waals surface area contributed by atoms with Crippen LogP contribution in [0, 0.1) is 56.7 Å². The summed E-state index contributed by atoms with van der Waals surface area (Å²) in [6.45, 7) is 9.29. The summed E-state index contributed by atoms with van der Waals surface area (Å²) in [5.41, 5.74) is -3.75. The van der Waals surface area contributed by atoms with Crippen molar-refractivity contribution in [1.29, 1.82) is 0 Å². The van der Waals surface area contributed by atoms with E-state index in [1.165, 1.54) is 31.4 Å². The molecule has 1 unspecified atom stereocenters. The molecule has 6 nitrogen and oxygen atoms in total. The van der Waals surface area contributed by atoms with Crippen LogP contribution in [0.1, 0.15) is 127 Å². The van der Waals surface area contributed by atoms with Crippen LogP contribution in [0.4, 0.5) is 18.0 Å². The molecule has 0 saturated heterocycles. The molecule has 1 aromatic rings. The summed E-state index contributed by atoms with van der Waals surface area (Å²) >= 11 is 0. The van der Waals surface area contributed by atoms with Gasteiger partial charge in [-0.2, -0.15) is 13.2 Å². The van der Waals surface area contributed by atoms with Gasteiger partial charge in [-0.25, -0.2) is 4.79 Å². The lowest BCUT2D eigenvalue weighted by atomic mass is 9.32. The first-order chi connectivity index (χ1) is 25.3. The summed E-state index contributed by atoms with van der Waals surface area (Å²) in [5, 5.41) is 27.4. The predicted octanol–water partition coefficient (Wildman–Crippen LogP) is 9.12. The fourth-order valence-electron chi connectivity index (χ4n) is 15.3. The number of aliphatic hydroxyl groups excluding tert-OH is 1. The smallest absolute Gasteiger partial charge is 0.393 e. The molecular formula is C45H59F3N2O4. The molecule has 6 bridgehead atoms. The molecule has 11 rings (SSSR count). The Labute approximate surface area is 318 Å². The van der Waals surface area contributed by atoms with Crippen LogP contribution in [0.25, 0.3) is 0 Å². The quantitative estimate of drug-likeness (QED) is 0.192. The number of aliphatic hydroxyl groups is 2. The summed E-state index contributed by atoms with van der Waals surface area (Å²) in [7, 11) is 0. The number of benzene rings is 1. The third kappa shape index (κ3) is 5.17. The number of ketones is 1. The maximum Gasteiger partial charge on any atom is 0.416 e. The second-order valence-corrected chi connectivity index (χ2v) is 20.6.